The zero-order valence-electron chi connectivity index (χ0n) is 17.0. The number of halogens is 1. The third-order valence-corrected chi connectivity index (χ3v) is 7.13. The van der Waals surface area contributed by atoms with Crippen LogP contribution in [-0.4, -0.2) is 23.9 Å². The summed E-state index contributed by atoms with van der Waals surface area (Å²) in [6.07, 6.45) is 13.4. The van der Waals surface area contributed by atoms with Crippen molar-refractivity contribution >= 4 is 17.5 Å². The Bertz CT molecular complexity index is 577. The normalized spacial score (nSPS) is 24.6. The van der Waals surface area contributed by atoms with Crippen LogP contribution in [0.5, 0.6) is 0 Å². The Hall–Kier alpha value is -1.02. The molecule has 2 atom stereocenters. The SMILES string of the molecule is CCC1CCCC[C@@H](C(=O)N2CCC(CCCc3ccc(Cl)cc3)CC2)C1. The van der Waals surface area contributed by atoms with Gasteiger partial charge in [0.05, 0.1) is 0 Å². The predicted molar refractivity (Wildman–Crippen MR) is 114 cm³/mol. The van der Waals surface area contributed by atoms with Crippen molar-refractivity contribution in [1.82, 2.24) is 4.90 Å². The second-order valence-electron chi connectivity index (χ2n) is 8.78. The molecule has 1 saturated carbocycles. The monoisotopic (exact) mass is 389 g/mol. The molecule has 150 valence electrons. The van der Waals surface area contributed by atoms with Crippen LogP contribution in [0, 0.1) is 17.8 Å². The second kappa shape index (κ2) is 10.5. The van der Waals surface area contributed by atoms with E-state index in [0.717, 1.165) is 49.2 Å². The van der Waals surface area contributed by atoms with Gasteiger partial charge in [-0.15, -0.1) is 0 Å². The fraction of sp³-hybridized carbons (Fsp3) is 0.708. The topological polar surface area (TPSA) is 20.3 Å². The Kier molecular flexibility index (Phi) is 8.06. The molecule has 0 bridgehead atoms. The predicted octanol–water partition coefficient (Wildman–Crippen LogP) is 6.51. The molecule has 1 aromatic carbocycles. The number of amides is 1. The lowest BCUT2D eigenvalue weighted by Gasteiger charge is -2.34. The second-order valence-corrected chi connectivity index (χ2v) is 9.22. The third kappa shape index (κ3) is 6.24. The minimum Gasteiger partial charge on any atom is -0.342 e. The zero-order valence-corrected chi connectivity index (χ0v) is 17.7. The van der Waals surface area contributed by atoms with Crippen LogP contribution in [0.15, 0.2) is 24.3 Å². The summed E-state index contributed by atoms with van der Waals surface area (Å²) in [6, 6.07) is 8.25. The quantitative estimate of drug-likeness (QED) is 0.508. The van der Waals surface area contributed by atoms with Crippen LogP contribution >= 0.6 is 11.6 Å². The minimum atomic E-state index is 0.305. The number of carbonyl (C=O) groups excluding carboxylic acids is 1. The van der Waals surface area contributed by atoms with Gasteiger partial charge in [-0.1, -0.05) is 56.3 Å². The first-order valence-electron chi connectivity index (χ1n) is 11.2. The first-order valence-corrected chi connectivity index (χ1v) is 11.6. The highest BCUT2D eigenvalue weighted by atomic mass is 35.5. The Morgan fingerprint density at radius 1 is 1.04 bits per heavy atom. The van der Waals surface area contributed by atoms with E-state index >= 15 is 0 Å². The molecule has 3 rings (SSSR count). The zero-order chi connectivity index (χ0) is 19.1. The van der Waals surface area contributed by atoms with Gasteiger partial charge in [0.25, 0.3) is 0 Å². The molecule has 2 nitrogen and oxygen atoms in total. The highest BCUT2D eigenvalue weighted by molar-refractivity contribution is 6.30. The van der Waals surface area contributed by atoms with Crippen molar-refractivity contribution in [3.8, 4) is 0 Å². The lowest BCUT2D eigenvalue weighted by molar-refractivity contribution is -0.137. The molecule has 3 heteroatoms. The van der Waals surface area contributed by atoms with Crippen LogP contribution in [0.3, 0.4) is 0 Å². The number of rotatable bonds is 6. The van der Waals surface area contributed by atoms with Gasteiger partial charge in [0.1, 0.15) is 0 Å². The van der Waals surface area contributed by atoms with Gasteiger partial charge in [-0.05, 0) is 74.5 Å². The van der Waals surface area contributed by atoms with Gasteiger partial charge in [-0.25, -0.2) is 0 Å². The molecule has 1 heterocycles. The van der Waals surface area contributed by atoms with E-state index in [1.165, 1.54) is 56.9 Å². The maximum Gasteiger partial charge on any atom is 0.225 e. The third-order valence-electron chi connectivity index (χ3n) is 6.88. The van der Waals surface area contributed by atoms with Gasteiger partial charge in [0.2, 0.25) is 5.91 Å². The van der Waals surface area contributed by atoms with Crippen LogP contribution in [0.25, 0.3) is 0 Å². The fourth-order valence-electron chi connectivity index (χ4n) is 5.00. The van der Waals surface area contributed by atoms with Gasteiger partial charge in [-0.3, -0.25) is 4.79 Å². The first-order chi connectivity index (χ1) is 13.2. The molecular weight excluding hydrogens is 354 g/mol. The molecule has 1 aliphatic heterocycles. The minimum absolute atomic E-state index is 0.305. The van der Waals surface area contributed by atoms with E-state index in [9.17, 15) is 4.79 Å². The van der Waals surface area contributed by atoms with Gasteiger partial charge < -0.3 is 4.90 Å². The average Bonchev–Trinajstić information content (AvgIpc) is 2.95. The maximum absolute atomic E-state index is 13.0. The molecule has 0 radical (unpaired) electrons. The van der Waals surface area contributed by atoms with Crippen molar-refractivity contribution in [1.29, 1.82) is 0 Å². The molecule has 1 saturated heterocycles. The van der Waals surface area contributed by atoms with Crippen molar-refractivity contribution in [2.24, 2.45) is 17.8 Å². The fourth-order valence-corrected chi connectivity index (χ4v) is 5.13. The van der Waals surface area contributed by atoms with Gasteiger partial charge in [-0.2, -0.15) is 0 Å². The highest BCUT2D eigenvalue weighted by Gasteiger charge is 2.30. The summed E-state index contributed by atoms with van der Waals surface area (Å²) in [6.45, 7) is 4.25. The Morgan fingerprint density at radius 2 is 1.74 bits per heavy atom. The molecule has 1 amide bonds. The molecule has 1 aromatic rings. The molecule has 0 spiro atoms. The lowest BCUT2D eigenvalue weighted by atomic mass is 9.88. The van der Waals surface area contributed by atoms with E-state index in [0.29, 0.717) is 11.8 Å². The van der Waals surface area contributed by atoms with Gasteiger partial charge >= 0.3 is 0 Å². The summed E-state index contributed by atoms with van der Waals surface area (Å²) in [4.78, 5) is 15.2. The lowest BCUT2D eigenvalue weighted by Crippen LogP contribution is -2.42. The molecule has 1 unspecified atom stereocenters. The van der Waals surface area contributed by atoms with E-state index in [2.05, 4.69) is 24.0 Å². The molecule has 2 aliphatic rings. The number of carbonyl (C=O) groups is 1. The van der Waals surface area contributed by atoms with Crippen molar-refractivity contribution in [3.63, 3.8) is 0 Å². The van der Waals surface area contributed by atoms with Crippen molar-refractivity contribution in [2.75, 3.05) is 13.1 Å². The molecule has 27 heavy (non-hydrogen) atoms. The van der Waals surface area contributed by atoms with E-state index in [1.54, 1.807) is 0 Å². The van der Waals surface area contributed by atoms with Crippen molar-refractivity contribution < 1.29 is 4.79 Å². The number of hydrogen-bond donors (Lipinski definition) is 0. The van der Waals surface area contributed by atoms with Crippen LogP contribution < -0.4 is 0 Å². The van der Waals surface area contributed by atoms with Crippen molar-refractivity contribution in [2.45, 2.75) is 77.6 Å². The van der Waals surface area contributed by atoms with Gasteiger partial charge in [0, 0.05) is 24.0 Å². The first kappa shape index (κ1) is 20.7. The molecule has 1 aliphatic carbocycles. The summed E-state index contributed by atoms with van der Waals surface area (Å²) in [5.74, 6) is 2.33. The van der Waals surface area contributed by atoms with Crippen molar-refractivity contribution in [3.05, 3.63) is 34.9 Å². The number of aryl methyl sites for hydroxylation is 1. The van der Waals surface area contributed by atoms with Crippen LogP contribution in [0.1, 0.15) is 76.7 Å². The molecule has 0 aromatic heterocycles. The summed E-state index contributed by atoms with van der Waals surface area (Å²) in [5.41, 5.74) is 1.38. The van der Waals surface area contributed by atoms with E-state index in [1.807, 2.05) is 12.1 Å². The Labute approximate surface area is 170 Å². The van der Waals surface area contributed by atoms with E-state index in [4.69, 9.17) is 11.6 Å². The number of likely N-dealkylation sites (tertiary alicyclic amines) is 1. The number of hydrogen-bond acceptors (Lipinski definition) is 1. The Morgan fingerprint density at radius 3 is 2.44 bits per heavy atom. The highest BCUT2D eigenvalue weighted by Crippen LogP contribution is 2.32. The maximum atomic E-state index is 13.0. The number of nitrogens with zero attached hydrogens (tertiary/aromatic N) is 1. The summed E-state index contributed by atoms with van der Waals surface area (Å²) >= 11 is 5.96. The van der Waals surface area contributed by atoms with E-state index in [-0.39, 0.29) is 0 Å². The molecule has 0 N–H and O–H groups in total. The molecule has 2 fully saturated rings. The Balaban J connectivity index is 1.39. The van der Waals surface area contributed by atoms with Crippen LogP contribution in [-0.2, 0) is 11.2 Å². The standard InChI is InChI=1S/C24H36ClNO/c1-2-19-6-3-4-9-22(18-19)24(27)26-16-14-21(15-17-26)8-5-7-20-10-12-23(25)13-11-20/h10-13,19,21-22H,2-9,14-18H2,1H3/t19?,22-/m1/s1. The van der Waals surface area contributed by atoms with E-state index < -0.39 is 0 Å². The number of benzene rings is 1. The molecular formula is C24H36ClNO. The summed E-state index contributed by atoms with van der Waals surface area (Å²) < 4.78 is 0. The van der Waals surface area contributed by atoms with Crippen LogP contribution in [0.2, 0.25) is 5.02 Å². The average molecular weight is 390 g/mol. The van der Waals surface area contributed by atoms with Gasteiger partial charge in [0.15, 0.2) is 0 Å². The smallest absolute Gasteiger partial charge is 0.225 e. The van der Waals surface area contributed by atoms with Crippen LogP contribution in [0.4, 0.5) is 0 Å². The summed E-state index contributed by atoms with van der Waals surface area (Å²) in [7, 11) is 0. The largest absolute Gasteiger partial charge is 0.342 e. The summed E-state index contributed by atoms with van der Waals surface area (Å²) in [5, 5.41) is 0.815. The number of piperidine rings is 1.